The monoisotopic (exact) mass is 179 g/mol. The van der Waals surface area contributed by atoms with Gasteiger partial charge in [-0.05, 0) is 30.5 Å². The van der Waals surface area contributed by atoms with E-state index in [1.165, 1.54) is 0 Å². The van der Waals surface area contributed by atoms with Crippen molar-refractivity contribution in [2.24, 2.45) is 5.73 Å². The first-order valence-corrected chi connectivity index (χ1v) is 4.21. The maximum Gasteiger partial charge on any atom is 0.136 e. The fourth-order valence-corrected chi connectivity index (χ4v) is 1.06. The SMILES string of the molecule is NC(C=O)CCc1ccc(O)cc1. The summed E-state index contributed by atoms with van der Waals surface area (Å²) in [6, 6.07) is 6.53. The molecule has 1 aromatic rings. The van der Waals surface area contributed by atoms with Crippen molar-refractivity contribution in [1.29, 1.82) is 0 Å². The van der Waals surface area contributed by atoms with Crippen LogP contribution in [0.3, 0.4) is 0 Å². The Bertz CT molecular complexity index is 269. The van der Waals surface area contributed by atoms with Gasteiger partial charge in [-0.1, -0.05) is 12.1 Å². The number of benzene rings is 1. The number of rotatable bonds is 4. The molecule has 0 aliphatic carbocycles. The van der Waals surface area contributed by atoms with Crippen molar-refractivity contribution in [2.45, 2.75) is 18.9 Å². The summed E-state index contributed by atoms with van der Waals surface area (Å²) < 4.78 is 0. The molecule has 0 fully saturated rings. The molecule has 0 radical (unpaired) electrons. The lowest BCUT2D eigenvalue weighted by Crippen LogP contribution is -2.21. The second-order valence-corrected chi connectivity index (χ2v) is 3.01. The Morgan fingerprint density at radius 2 is 2.00 bits per heavy atom. The molecule has 1 atom stereocenters. The number of aryl methyl sites for hydroxylation is 1. The molecular formula is C10H13NO2. The minimum absolute atomic E-state index is 0.253. The number of hydrogen-bond acceptors (Lipinski definition) is 3. The summed E-state index contributed by atoms with van der Waals surface area (Å²) in [6.45, 7) is 0. The van der Waals surface area contributed by atoms with Crippen molar-refractivity contribution in [3.8, 4) is 5.75 Å². The number of phenols is 1. The minimum atomic E-state index is -0.381. The van der Waals surface area contributed by atoms with Crippen LogP contribution in [-0.2, 0) is 11.2 Å². The normalized spacial score (nSPS) is 12.4. The zero-order valence-electron chi connectivity index (χ0n) is 7.31. The maximum atomic E-state index is 10.2. The van der Waals surface area contributed by atoms with Crippen molar-refractivity contribution in [3.05, 3.63) is 29.8 Å². The highest BCUT2D eigenvalue weighted by atomic mass is 16.3. The molecule has 3 N–H and O–H groups in total. The lowest BCUT2D eigenvalue weighted by molar-refractivity contribution is -0.109. The second kappa shape index (κ2) is 4.62. The van der Waals surface area contributed by atoms with Crippen LogP contribution in [-0.4, -0.2) is 17.4 Å². The number of carbonyl (C=O) groups is 1. The summed E-state index contributed by atoms with van der Waals surface area (Å²) >= 11 is 0. The Morgan fingerprint density at radius 3 is 2.54 bits per heavy atom. The first-order valence-electron chi connectivity index (χ1n) is 4.21. The van der Waals surface area contributed by atoms with E-state index in [1.54, 1.807) is 12.1 Å². The highest BCUT2D eigenvalue weighted by molar-refractivity contribution is 5.56. The molecule has 0 aliphatic heterocycles. The molecule has 1 rings (SSSR count). The number of aldehydes is 1. The van der Waals surface area contributed by atoms with Crippen LogP contribution in [0.5, 0.6) is 5.75 Å². The molecule has 1 aromatic carbocycles. The molecule has 13 heavy (non-hydrogen) atoms. The van der Waals surface area contributed by atoms with Crippen molar-refractivity contribution in [3.63, 3.8) is 0 Å². The maximum absolute atomic E-state index is 10.2. The summed E-state index contributed by atoms with van der Waals surface area (Å²) in [5.41, 5.74) is 6.51. The summed E-state index contributed by atoms with van der Waals surface area (Å²) in [5, 5.41) is 9.00. The van der Waals surface area contributed by atoms with Gasteiger partial charge in [0.25, 0.3) is 0 Å². The Kier molecular flexibility index (Phi) is 3.46. The zero-order valence-corrected chi connectivity index (χ0v) is 7.31. The van der Waals surface area contributed by atoms with Gasteiger partial charge < -0.3 is 15.6 Å². The van der Waals surface area contributed by atoms with Gasteiger partial charge in [0, 0.05) is 0 Å². The van der Waals surface area contributed by atoms with Crippen LogP contribution in [0.2, 0.25) is 0 Å². The van der Waals surface area contributed by atoms with Crippen LogP contribution in [0, 0.1) is 0 Å². The lowest BCUT2D eigenvalue weighted by atomic mass is 10.1. The number of carbonyl (C=O) groups excluding carboxylic acids is 1. The van der Waals surface area contributed by atoms with Gasteiger partial charge in [0.15, 0.2) is 0 Å². The number of hydrogen-bond donors (Lipinski definition) is 2. The fraction of sp³-hybridized carbons (Fsp3) is 0.300. The second-order valence-electron chi connectivity index (χ2n) is 3.01. The van der Waals surface area contributed by atoms with Crippen molar-refractivity contribution < 1.29 is 9.90 Å². The molecule has 0 bridgehead atoms. The van der Waals surface area contributed by atoms with Crippen LogP contribution in [0.25, 0.3) is 0 Å². The predicted molar refractivity (Wildman–Crippen MR) is 50.5 cm³/mol. The van der Waals surface area contributed by atoms with E-state index in [0.29, 0.717) is 6.42 Å². The third-order valence-electron chi connectivity index (χ3n) is 1.88. The third kappa shape index (κ3) is 3.25. The minimum Gasteiger partial charge on any atom is -0.508 e. The van der Waals surface area contributed by atoms with Crippen LogP contribution >= 0.6 is 0 Å². The molecule has 0 saturated heterocycles. The molecule has 0 spiro atoms. The molecule has 0 saturated carbocycles. The summed E-state index contributed by atoms with van der Waals surface area (Å²) in [7, 11) is 0. The molecule has 70 valence electrons. The summed E-state index contributed by atoms with van der Waals surface area (Å²) in [6.07, 6.45) is 2.16. The Labute approximate surface area is 77.2 Å². The largest absolute Gasteiger partial charge is 0.508 e. The highest BCUT2D eigenvalue weighted by Gasteiger charge is 2.00. The van der Waals surface area contributed by atoms with Gasteiger partial charge in [-0.15, -0.1) is 0 Å². The Balaban J connectivity index is 2.45. The van der Waals surface area contributed by atoms with E-state index in [4.69, 9.17) is 10.8 Å². The molecule has 3 heteroatoms. The van der Waals surface area contributed by atoms with Crippen LogP contribution in [0.15, 0.2) is 24.3 Å². The first-order chi connectivity index (χ1) is 6.22. The third-order valence-corrected chi connectivity index (χ3v) is 1.88. The first kappa shape index (κ1) is 9.74. The summed E-state index contributed by atoms with van der Waals surface area (Å²) in [4.78, 5) is 10.2. The fourth-order valence-electron chi connectivity index (χ4n) is 1.06. The van der Waals surface area contributed by atoms with Crippen LogP contribution in [0.1, 0.15) is 12.0 Å². The quantitative estimate of drug-likeness (QED) is 0.673. The van der Waals surface area contributed by atoms with Crippen LogP contribution < -0.4 is 5.73 Å². The van der Waals surface area contributed by atoms with Gasteiger partial charge in [0.2, 0.25) is 0 Å². The van der Waals surface area contributed by atoms with Gasteiger partial charge in [0.05, 0.1) is 6.04 Å². The smallest absolute Gasteiger partial charge is 0.136 e. The molecular weight excluding hydrogens is 166 g/mol. The van der Waals surface area contributed by atoms with Gasteiger partial charge >= 0.3 is 0 Å². The van der Waals surface area contributed by atoms with E-state index >= 15 is 0 Å². The van der Waals surface area contributed by atoms with Crippen molar-refractivity contribution >= 4 is 6.29 Å². The van der Waals surface area contributed by atoms with Gasteiger partial charge in [-0.2, -0.15) is 0 Å². The van der Waals surface area contributed by atoms with E-state index in [9.17, 15) is 4.79 Å². The summed E-state index contributed by atoms with van der Waals surface area (Å²) in [5.74, 6) is 0.253. The molecule has 1 unspecified atom stereocenters. The number of phenolic OH excluding ortho intramolecular Hbond substituents is 1. The molecule has 0 amide bonds. The van der Waals surface area contributed by atoms with Gasteiger partial charge in [-0.25, -0.2) is 0 Å². The average Bonchev–Trinajstić information content (AvgIpc) is 2.16. The van der Waals surface area contributed by atoms with E-state index in [0.717, 1.165) is 18.3 Å². The topological polar surface area (TPSA) is 63.3 Å². The van der Waals surface area contributed by atoms with E-state index in [2.05, 4.69) is 0 Å². The molecule has 0 heterocycles. The Hall–Kier alpha value is -1.35. The van der Waals surface area contributed by atoms with E-state index in [1.807, 2.05) is 12.1 Å². The van der Waals surface area contributed by atoms with Gasteiger partial charge in [0.1, 0.15) is 12.0 Å². The van der Waals surface area contributed by atoms with Crippen molar-refractivity contribution in [1.82, 2.24) is 0 Å². The molecule has 0 aromatic heterocycles. The molecule has 0 aliphatic rings. The number of nitrogens with two attached hydrogens (primary N) is 1. The van der Waals surface area contributed by atoms with Gasteiger partial charge in [-0.3, -0.25) is 0 Å². The predicted octanol–water partition coefficient (Wildman–Crippen LogP) is 0.851. The van der Waals surface area contributed by atoms with E-state index in [-0.39, 0.29) is 11.8 Å². The molecule has 3 nitrogen and oxygen atoms in total. The highest BCUT2D eigenvalue weighted by Crippen LogP contribution is 2.11. The standard InChI is InChI=1S/C10H13NO2/c11-9(7-12)4-1-8-2-5-10(13)6-3-8/h2-3,5-7,9,13H,1,4,11H2. The zero-order chi connectivity index (χ0) is 9.68. The Morgan fingerprint density at radius 1 is 1.38 bits per heavy atom. The van der Waals surface area contributed by atoms with Crippen molar-refractivity contribution in [2.75, 3.05) is 0 Å². The number of aromatic hydroxyl groups is 1. The average molecular weight is 179 g/mol. The lowest BCUT2D eigenvalue weighted by Gasteiger charge is -2.03. The van der Waals surface area contributed by atoms with E-state index < -0.39 is 0 Å². The van der Waals surface area contributed by atoms with Crippen LogP contribution in [0.4, 0.5) is 0 Å².